The van der Waals surface area contributed by atoms with Gasteiger partial charge in [-0.25, -0.2) is 0 Å². The van der Waals surface area contributed by atoms with Crippen LogP contribution < -0.4 is 5.32 Å². The highest BCUT2D eigenvalue weighted by atomic mass is 32.2. The Morgan fingerprint density at radius 1 is 1.48 bits per heavy atom. The van der Waals surface area contributed by atoms with Crippen molar-refractivity contribution in [1.82, 2.24) is 20.0 Å². The fourth-order valence-electron chi connectivity index (χ4n) is 3.42. The predicted molar refractivity (Wildman–Crippen MR) is 85.3 cm³/mol. The van der Waals surface area contributed by atoms with Crippen molar-refractivity contribution in [2.24, 2.45) is 13.0 Å². The molecule has 5 nitrogen and oxygen atoms in total. The van der Waals surface area contributed by atoms with E-state index in [1.807, 2.05) is 41.6 Å². The van der Waals surface area contributed by atoms with Crippen LogP contribution in [0.15, 0.2) is 6.20 Å². The first kappa shape index (κ1) is 14.9. The molecule has 2 fully saturated rings. The molecule has 1 N–H and O–H groups in total. The van der Waals surface area contributed by atoms with Crippen molar-refractivity contribution in [2.75, 3.05) is 25.1 Å². The summed E-state index contributed by atoms with van der Waals surface area (Å²) in [6, 6.07) is 0.777. The molecule has 0 aliphatic carbocycles. The number of carbonyl (C=O) groups excluding carboxylic acids is 1. The molecule has 1 unspecified atom stereocenters. The number of nitrogens with one attached hydrogen (secondary N) is 1. The molecule has 1 aromatic heterocycles. The first-order chi connectivity index (χ1) is 10.1. The number of aromatic nitrogens is 2. The van der Waals surface area contributed by atoms with Crippen molar-refractivity contribution in [2.45, 2.75) is 31.8 Å². The average Bonchev–Trinajstić information content (AvgIpc) is 3.14. The minimum Gasteiger partial charge on any atom is -0.338 e. The monoisotopic (exact) mass is 308 g/mol. The van der Waals surface area contributed by atoms with Gasteiger partial charge in [0.15, 0.2) is 0 Å². The van der Waals surface area contributed by atoms with E-state index in [0.29, 0.717) is 18.4 Å². The van der Waals surface area contributed by atoms with Crippen LogP contribution in [0.2, 0.25) is 0 Å². The second-order valence-electron chi connectivity index (χ2n) is 6.19. The number of aryl methyl sites for hydroxylation is 1. The average molecular weight is 308 g/mol. The highest BCUT2D eigenvalue weighted by Crippen LogP contribution is 2.38. The maximum Gasteiger partial charge on any atom is 0.223 e. The van der Waals surface area contributed by atoms with E-state index < -0.39 is 0 Å². The van der Waals surface area contributed by atoms with Crippen LogP contribution in [0.1, 0.15) is 30.1 Å². The number of carbonyl (C=O) groups is 1. The van der Waals surface area contributed by atoms with Gasteiger partial charge in [-0.2, -0.15) is 16.9 Å². The summed E-state index contributed by atoms with van der Waals surface area (Å²) in [4.78, 5) is 14.1. The quantitative estimate of drug-likeness (QED) is 0.912. The van der Waals surface area contributed by atoms with Crippen molar-refractivity contribution in [3.05, 3.63) is 17.5 Å². The zero-order valence-corrected chi connectivity index (χ0v) is 13.8. The van der Waals surface area contributed by atoms with Crippen LogP contribution in [0.4, 0.5) is 0 Å². The van der Waals surface area contributed by atoms with Gasteiger partial charge in [0.05, 0.1) is 12.2 Å². The lowest BCUT2D eigenvalue weighted by molar-refractivity contribution is -0.127. The third-order valence-corrected chi connectivity index (χ3v) is 6.05. The molecule has 3 atom stereocenters. The first-order valence-corrected chi connectivity index (χ1v) is 8.78. The largest absolute Gasteiger partial charge is 0.338 e. The Morgan fingerprint density at radius 2 is 2.29 bits per heavy atom. The Bertz CT molecular complexity index is 524. The fraction of sp³-hybridized carbons (Fsp3) is 0.733. The van der Waals surface area contributed by atoms with Gasteiger partial charge in [0.1, 0.15) is 0 Å². The molecule has 1 aromatic rings. The summed E-state index contributed by atoms with van der Waals surface area (Å²) in [5, 5.41) is 8.01. The highest BCUT2D eigenvalue weighted by Gasteiger charge is 2.40. The highest BCUT2D eigenvalue weighted by molar-refractivity contribution is 7.99. The lowest BCUT2D eigenvalue weighted by Crippen LogP contribution is -2.35. The van der Waals surface area contributed by atoms with Gasteiger partial charge in [-0.15, -0.1) is 0 Å². The van der Waals surface area contributed by atoms with Crippen LogP contribution in [0.5, 0.6) is 0 Å². The van der Waals surface area contributed by atoms with Crippen LogP contribution in [0.25, 0.3) is 0 Å². The molecule has 2 aliphatic heterocycles. The number of hydrogen-bond donors (Lipinski definition) is 1. The lowest BCUT2D eigenvalue weighted by Gasteiger charge is -2.26. The standard InChI is InChI=1S/C15H24N4OS/c1-10-13(8-17-19(10)3)15-11(6-14(20)18(15)2)7-16-12-4-5-21-9-12/h8,11-12,15-16H,4-7,9H2,1-3H3/t11-,12?,15+/m0/s1. The Morgan fingerprint density at radius 3 is 2.90 bits per heavy atom. The van der Waals surface area contributed by atoms with Gasteiger partial charge in [0, 0.05) is 56.0 Å². The van der Waals surface area contributed by atoms with E-state index >= 15 is 0 Å². The topological polar surface area (TPSA) is 50.2 Å². The van der Waals surface area contributed by atoms with Crippen molar-refractivity contribution in [1.29, 1.82) is 0 Å². The molecule has 0 bridgehead atoms. The lowest BCUT2D eigenvalue weighted by atomic mass is 9.93. The molecular formula is C15H24N4OS. The Labute approximate surface area is 130 Å². The van der Waals surface area contributed by atoms with Gasteiger partial charge in [-0.3, -0.25) is 9.48 Å². The third kappa shape index (κ3) is 2.83. The summed E-state index contributed by atoms with van der Waals surface area (Å²) < 4.78 is 1.89. The Hall–Kier alpha value is -1.01. The van der Waals surface area contributed by atoms with Crippen LogP contribution in [-0.4, -0.2) is 51.7 Å². The molecule has 6 heteroatoms. The predicted octanol–water partition coefficient (Wildman–Crippen LogP) is 1.34. The zero-order chi connectivity index (χ0) is 15.0. The van der Waals surface area contributed by atoms with Crippen molar-refractivity contribution < 1.29 is 4.79 Å². The summed E-state index contributed by atoms with van der Waals surface area (Å²) in [5.74, 6) is 3.05. The molecule has 3 heterocycles. The van der Waals surface area contributed by atoms with Gasteiger partial charge in [0.2, 0.25) is 5.91 Å². The van der Waals surface area contributed by atoms with E-state index in [2.05, 4.69) is 17.3 Å². The smallest absolute Gasteiger partial charge is 0.223 e. The molecule has 116 valence electrons. The van der Waals surface area contributed by atoms with Crippen LogP contribution in [-0.2, 0) is 11.8 Å². The number of likely N-dealkylation sites (tertiary alicyclic amines) is 1. The molecule has 3 rings (SSSR count). The maximum absolute atomic E-state index is 12.1. The summed E-state index contributed by atoms with van der Waals surface area (Å²) >= 11 is 2.02. The van der Waals surface area contributed by atoms with E-state index in [-0.39, 0.29) is 11.9 Å². The molecule has 0 radical (unpaired) electrons. The molecular weight excluding hydrogens is 284 g/mol. The molecule has 0 aromatic carbocycles. The summed E-state index contributed by atoms with van der Waals surface area (Å²) in [6.07, 6.45) is 3.81. The maximum atomic E-state index is 12.1. The molecule has 1 amide bonds. The zero-order valence-electron chi connectivity index (χ0n) is 13.0. The van der Waals surface area contributed by atoms with Gasteiger partial charge in [-0.05, 0) is 19.1 Å². The van der Waals surface area contributed by atoms with E-state index in [9.17, 15) is 4.79 Å². The first-order valence-electron chi connectivity index (χ1n) is 7.63. The summed E-state index contributed by atoms with van der Waals surface area (Å²) in [7, 11) is 3.88. The summed E-state index contributed by atoms with van der Waals surface area (Å²) in [5.41, 5.74) is 2.35. The van der Waals surface area contributed by atoms with Crippen molar-refractivity contribution in [3.63, 3.8) is 0 Å². The van der Waals surface area contributed by atoms with E-state index in [1.54, 1.807) is 0 Å². The fourth-order valence-corrected chi connectivity index (χ4v) is 4.60. The third-order valence-electron chi connectivity index (χ3n) is 4.88. The Balaban J connectivity index is 1.74. The second kappa shape index (κ2) is 6.01. The van der Waals surface area contributed by atoms with Crippen LogP contribution in [0, 0.1) is 12.8 Å². The van der Waals surface area contributed by atoms with E-state index in [1.165, 1.54) is 23.5 Å². The van der Waals surface area contributed by atoms with E-state index in [4.69, 9.17) is 0 Å². The number of hydrogen-bond acceptors (Lipinski definition) is 4. The normalized spacial score (nSPS) is 29.6. The number of amides is 1. The number of rotatable bonds is 4. The molecule has 2 aliphatic rings. The van der Waals surface area contributed by atoms with Crippen molar-refractivity contribution in [3.8, 4) is 0 Å². The SMILES string of the molecule is Cc1c([C@H]2[C@H](CNC3CCSC3)CC(=O)N2C)cnn1C. The van der Waals surface area contributed by atoms with Crippen LogP contribution >= 0.6 is 11.8 Å². The minimum atomic E-state index is 0.160. The van der Waals surface area contributed by atoms with Crippen LogP contribution in [0.3, 0.4) is 0 Å². The van der Waals surface area contributed by atoms with Gasteiger partial charge < -0.3 is 10.2 Å². The minimum absolute atomic E-state index is 0.160. The second-order valence-corrected chi connectivity index (χ2v) is 7.34. The van der Waals surface area contributed by atoms with Gasteiger partial charge >= 0.3 is 0 Å². The summed E-state index contributed by atoms with van der Waals surface area (Å²) in [6.45, 7) is 3.00. The van der Waals surface area contributed by atoms with E-state index in [0.717, 1.165) is 12.2 Å². The number of thioether (sulfide) groups is 1. The Kier molecular flexibility index (Phi) is 4.26. The molecule has 21 heavy (non-hydrogen) atoms. The van der Waals surface area contributed by atoms with Crippen molar-refractivity contribution >= 4 is 17.7 Å². The number of nitrogens with zero attached hydrogens (tertiary/aromatic N) is 3. The molecule has 0 spiro atoms. The molecule has 2 saturated heterocycles. The molecule has 0 saturated carbocycles. The van der Waals surface area contributed by atoms with Gasteiger partial charge in [0.25, 0.3) is 0 Å². The van der Waals surface area contributed by atoms with Gasteiger partial charge in [-0.1, -0.05) is 0 Å².